The summed E-state index contributed by atoms with van der Waals surface area (Å²) in [5.41, 5.74) is 2.34. The Hall–Kier alpha value is -2.89. The van der Waals surface area contributed by atoms with E-state index in [9.17, 15) is 14.4 Å². The van der Waals surface area contributed by atoms with E-state index in [0.717, 1.165) is 31.2 Å². The van der Waals surface area contributed by atoms with Gasteiger partial charge in [-0.1, -0.05) is 51.0 Å². The normalized spacial score (nSPS) is 15.2. The van der Waals surface area contributed by atoms with Crippen molar-refractivity contribution in [3.05, 3.63) is 69.6 Å². The van der Waals surface area contributed by atoms with Crippen LogP contribution >= 0.6 is 0 Å². The van der Waals surface area contributed by atoms with Crippen LogP contribution in [0.1, 0.15) is 79.9 Å². The molecule has 6 heteroatoms. The first-order valence-corrected chi connectivity index (χ1v) is 10.7. The van der Waals surface area contributed by atoms with Crippen LogP contribution in [-0.2, 0) is 11.3 Å². The van der Waals surface area contributed by atoms with E-state index in [1.54, 1.807) is 0 Å². The Morgan fingerprint density at radius 3 is 2.27 bits per heavy atom. The molecule has 2 N–H and O–H groups in total. The van der Waals surface area contributed by atoms with E-state index < -0.39 is 0 Å². The van der Waals surface area contributed by atoms with Crippen LogP contribution in [-0.4, -0.2) is 22.4 Å². The number of nitrogens with one attached hydrogen (secondary N) is 2. The smallest absolute Gasteiger partial charge is 0.252 e. The van der Waals surface area contributed by atoms with Crippen molar-refractivity contribution in [2.24, 2.45) is 0 Å². The summed E-state index contributed by atoms with van der Waals surface area (Å²) in [5, 5.41) is 5.94. The summed E-state index contributed by atoms with van der Waals surface area (Å²) in [5.74, 6) is -0.0190. The van der Waals surface area contributed by atoms with Gasteiger partial charge >= 0.3 is 0 Å². The van der Waals surface area contributed by atoms with E-state index in [4.69, 9.17) is 0 Å². The van der Waals surface area contributed by atoms with Crippen LogP contribution in [0.3, 0.4) is 0 Å². The third-order valence-electron chi connectivity index (χ3n) is 5.73. The van der Waals surface area contributed by atoms with Crippen LogP contribution in [0.25, 0.3) is 0 Å². The van der Waals surface area contributed by atoms with E-state index in [0.29, 0.717) is 11.5 Å². The molecule has 30 heavy (non-hydrogen) atoms. The summed E-state index contributed by atoms with van der Waals surface area (Å²) in [6.07, 6.45) is 5.70. The molecular weight excluding hydrogens is 378 g/mol. The lowest BCUT2D eigenvalue weighted by Crippen LogP contribution is -2.36. The van der Waals surface area contributed by atoms with E-state index in [-0.39, 0.29) is 36.0 Å². The maximum atomic E-state index is 12.5. The van der Waals surface area contributed by atoms with Gasteiger partial charge < -0.3 is 15.2 Å². The van der Waals surface area contributed by atoms with Gasteiger partial charge in [0.25, 0.3) is 11.5 Å². The Morgan fingerprint density at radius 2 is 1.63 bits per heavy atom. The summed E-state index contributed by atoms with van der Waals surface area (Å²) in [4.78, 5) is 37.2. The van der Waals surface area contributed by atoms with Crippen molar-refractivity contribution in [1.82, 2.24) is 15.2 Å². The number of hydrogen-bond acceptors (Lipinski definition) is 3. The Balaban J connectivity index is 1.62. The molecule has 1 unspecified atom stereocenters. The first-order chi connectivity index (χ1) is 14.3. The summed E-state index contributed by atoms with van der Waals surface area (Å²) in [7, 11) is 0. The van der Waals surface area contributed by atoms with Gasteiger partial charge in [-0.05, 0) is 42.9 Å². The molecule has 6 nitrogen and oxygen atoms in total. The Morgan fingerprint density at radius 1 is 1.00 bits per heavy atom. The van der Waals surface area contributed by atoms with Gasteiger partial charge in [0.15, 0.2) is 0 Å². The molecule has 1 heterocycles. The monoisotopic (exact) mass is 409 g/mol. The van der Waals surface area contributed by atoms with E-state index in [1.807, 2.05) is 19.1 Å². The molecule has 160 valence electrons. The van der Waals surface area contributed by atoms with Crippen molar-refractivity contribution in [1.29, 1.82) is 0 Å². The fraction of sp³-hybridized carbons (Fsp3) is 0.458. The van der Waals surface area contributed by atoms with Crippen LogP contribution in [0.15, 0.2) is 47.4 Å². The third kappa shape index (κ3) is 5.59. The summed E-state index contributed by atoms with van der Waals surface area (Å²) < 4.78 is 1.29. The predicted octanol–water partition coefficient (Wildman–Crippen LogP) is 3.52. The number of pyridine rings is 1. The first kappa shape index (κ1) is 21.8. The Labute approximate surface area is 177 Å². The van der Waals surface area contributed by atoms with Crippen molar-refractivity contribution in [2.75, 3.05) is 0 Å². The third-order valence-corrected chi connectivity index (χ3v) is 5.73. The fourth-order valence-corrected chi connectivity index (χ4v) is 3.82. The van der Waals surface area contributed by atoms with E-state index >= 15 is 0 Å². The predicted molar refractivity (Wildman–Crippen MR) is 118 cm³/mol. The number of aromatic nitrogens is 1. The molecule has 0 aliphatic heterocycles. The number of carbonyl (C=O) groups is 2. The molecule has 1 atom stereocenters. The molecule has 1 fully saturated rings. The van der Waals surface area contributed by atoms with Crippen LogP contribution in [0.4, 0.5) is 0 Å². The van der Waals surface area contributed by atoms with Gasteiger partial charge in [-0.3, -0.25) is 14.4 Å². The molecule has 0 spiro atoms. The molecule has 1 aliphatic rings. The number of amides is 2. The van der Waals surface area contributed by atoms with Crippen molar-refractivity contribution in [3.63, 3.8) is 0 Å². The molecule has 1 saturated carbocycles. The average molecular weight is 410 g/mol. The Bertz CT molecular complexity index is 941. The van der Waals surface area contributed by atoms with Crippen molar-refractivity contribution in [2.45, 2.75) is 71.0 Å². The SMILES string of the molecule is CC(C)c1ccc(C(C)NC(=O)Cn2cc(C(=O)NC3CCCC3)ccc2=O)cc1. The maximum absolute atomic E-state index is 12.5. The van der Waals surface area contributed by atoms with Gasteiger partial charge in [-0.2, -0.15) is 0 Å². The summed E-state index contributed by atoms with van der Waals surface area (Å²) in [6, 6.07) is 11.0. The molecule has 1 aromatic carbocycles. The number of rotatable bonds is 7. The fourth-order valence-electron chi connectivity index (χ4n) is 3.82. The topological polar surface area (TPSA) is 80.2 Å². The zero-order valence-electron chi connectivity index (χ0n) is 18.0. The highest BCUT2D eigenvalue weighted by molar-refractivity contribution is 5.94. The first-order valence-electron chi connectivity index (χ1n) is 10.7. The van der Waals surface area contributed by atoms with Gasteiger partial charge in [-0.25, -0.2) is 0 Å². The van der Waals surface area contributed by atoms with E-state index in [1.165, 1.54) is 28.5 Å². The minimum Gasteiger partial charge on any atom is -0.349 e. The number of nitrogens with zero attached hydrogens (tertiary/aromatic N) is 1. The molecule has 1 aliphatic carbocycles. The van der Waals surface area contributed by atoms with Crippen LogP contribution in [0.2, 0.25) is 0 Å². The molecule has 0 bridgehead atoms. The standard InChI is InChI=1S/C24H31N3O3/c1-16(2)18-8-10-19(11-9-18)17(3)25-22(28)15-27-14-20(12-13-23(27)29)24(30)26-21-6-4-5-7-21/h8-14,16-17,21H,4-7,15H2,1-3H3,(H,25,28)(H,26,30). The molecule has 2 amide bonds. The lowest BCUT2D eigenvalue weighted by Gasteiger charge is -2.16. The highest BCUT2D eigenvalue weighted by Gasteiger charge is 2.19. The van der Waals surface area contributed by atoms with Crippen molar-refractivity contribution < 1.29 is 9.59 Å². The minimum absolute atomic E-state index is 0.127. The highest BCUT2D eigenvalue weighted by atomic mass is 16.2. The zero-order chi connectivity index (χ0) is 21.7. The molecule has 3 rings (SSSR count). The second-order valence-electron chi connectivity index (χ2n) is 8.45. The highest BCUT2D eigenvalue weighted by Crippen LogP contribution is 2.19. The minimum atomic E-state index is -0.309. The van der Waals surface area contributed by atoms with Gasteiger partial charge in [0.2, 0.25) is 5.91 Å². The van der Waals surface area contributed by atoms with Crippen LogP contribution in [0.5, 0.6) is 0 Å². The van der Waals surface area contributed by atoms with Gasteiger partial charge in [-0.15, -0.1) is 0 Å². The molecule has 2 aromatic rings. The quantitative estimate of drug-likeness (QED) is 0.734. The number of carbonyl (C=O) groups excluding carboxylic acids is 2. The second-order valence-corrected chi connectivity index (χ2v) is 8.45. The van der Waals surface area contributed by atoms with Crippen LogP contribution in [0, 0.1) is 0 Å². The van der Waals surface area contributed by atoms with Gasteiger partial charge in [0.05, 0.1) is 11.6 Å². The second kappa shape index (κ2) is 9.74. The number of benzene rings is 1. The van der Waals surface area contributed by atoms with Gasteiger partial charge in [0.1, 0.15) is 6.54 Å². The van der Waals surface area contributed by atoms with Crippen LogP contribution < -0.4 is 16.2 Å². The van der Waals surface area contributed by atoms with Crippen molar-refractivity contribution >= 4 is 11.8 Å². The molecular formula is C24H31N3O3. The van der Waals surface area contributed by atoms with Crippen molar-refractivity contribution in [3.8, 4) is 0 Å². The Kier molecular flexibility index (Phi) is 7.08. The number of hydrogen-bond donors (Lipinski definition) is 2. The molecule has 1 aromatic heterocycles. The zero-order valence-corrected chi connectivity index (χ0v) is 18.0. The average Bonchev–Trinajstić information content (AvgIpc) is 3.22. The lowest BCUT2D eigenvalue weighted by molar-refractivity contribution is -0.122. The maximum Gasteiger partial charge on any atom is 0.252 e. The molecule has 0 saturated heterocycles. The lowest BCUT2D eigenvalue weighted by atomic mass is 9.99. The van der Waals surface area contributed by atoms with Gasteiger partial charge in [0, 0.05) is 18.3 Å². The molecule has 0 radical (unpaired) electrons. The summed E-state index contributed by atoms with van der Waals surface area (Å²) in [6.45, 7) is 6.06. The van der Waals surface area contributed by atoms with E-state index in [2.05, 4.69) is 36.6 Å². The largest absolute Gasteiger partial charge is 0.349 e. The summed E-state index contributed by atoms with van der Waals surface area (Å²) >= 11 is 0.